The third-order valence-electron chi connectivity index (χ3n) is 16.8. The maximum Gasteiger partial charge on any atom is 0.292 e. The van der Waals surface area contributed by atoms with E-state index in [0.717, 1.165) is 13.0 Å². The Balaban J connectivity index is 0.631. The summed E-state index contributed by atoms with van der Waals surface area (Å²) in [4.78, 5) is 173. The Morgan fingerprint density at radius 3 is 1.00 bits per heavy atom. The van der Waals surface area contributed by atoms with Gasteiger partial charge in [0.25, 0.3) is 59.1 Å². The predicted octanol–water partition coefficient (Wildman–Crippen LogP) is 3.61. The molecule has 0 radical (unpaired) electrons. The summed E-state index contributed by atoms with van der Waals surface area (Å²) in [5.74, 6) is -5.70. The van der Waals surface area contributed by atoms with E-state index in [2.05, 4.69) is 78.8 Å². The van der Waals surface area contributed by atoms with Crippen LogP contribution in [-0.2, 0) is 80.1 Å². The SMILES string of the molecule is CN(C)CCCNC(=O)CCNC(=O)c1cc(NC(=O)c2cc(NC(=O)c3cc(NC(=O)c4cc(NC(=O)c5cc(NC(=O)CCCNC(=O)c6nc(NC(=O)c7cc(NC(=O)c8cc(NC(=O)c9nc(NC(=O)c%10nccn%10C)cn9C)cn8C)cn7C)cn6C)cn5C)cn4C)cn3C)cn2C)cn1C. The van der Waals surface area contributed by atoms with E-state index in [1.165, 1.54) is 115 Å². The van der Waals surface area contributed by atoms with Crippen molar-refractivity contribution in [2.75, 3.05) is 88.1 Å². The Kier molecular flexibility index (Phi) is 23.2. The molecule has 38 nitrogen and oxygen atoms in total. The number of hydrogen-bond acceptors (Lipinski definition) is 16. The topological polar surface area (TPSA) is 440 Å². The van der Waals surface area contributed by atoms with Crippen molar-refractivity contribution in [3.8, 4) is 0 Å². The maximum absolute atomic E-state index is 13.6. The molecular weight excluding hydrogens is 1380 g/mol. The van der Waals surface area contributed by atoms with Crippen molar-refractivity contribution in [1.29, 1.82) is 0 Å². The molecule has 0 aromatic carbocycles. The number of aryl methyl sites for hydroxylation is 10. The minimum atomic E-state index is -0.608. The van der Waals surface area contributed by atoms with Crippen LogP contribution >= 0.6 is 0 Å². The molecule has 10 aromatic heterocycles. The molecule has 0 aliphatic heterocycles. The van der Waals surface area contributed by atoms with Crippen LogP contribution in [-0.4, -0.2) is 177 Å². The highest BCUT2D eigenvalue weighted by molar-refractivity contribution is 6.12. The van der Waals surface area contributed by atoms with E-state index in [1.807, 2.05) is 19.0 Å². The van der Waals surface area contributed by atoms with Crippen LogP contribution in [0.25, 0.3) is 0 Å². The zero-order valence-electron chi connectivity index (χ0n) is 60.7. The lowest BCUT2D eigenvalue weighted by atomic mass is 10.3. The number of imidazole rings is 3. The van der Waals surface area contributed by atoms with Gasteiger partial charge in [-0.1, -0.05) is 0 Å². The van der Waals surface area contributed by atoms with E-state index in [1.54, 1.807) is 112 Å². The molecule has 0 unspecified atom stereocenters. The molecule has 0 bridgehead atoms. The monoisotopic (exact) mass is 1470 g/mol. The Morgan fingerprint density at radius 1 is 0.308 bits per heavy atom. The van der Waals surface area contributed by atoms with Crippen molar-refractivity contribution < 1.29 is 57.5 Å². The number of aromatic nitrogens is 13. The third-order valence-corrected chi connectivity index (χ3v) is 16.8. The summed E-state index contributed by atoms with van der Waals surface area (Å²) in [7, 11) is 20.1. The lowest BCUT2D eigenvalue weighted by Gasteiger charge is -2.10. The molecule has 0 spiro atoms. The molecule has 0 saturated heterocycles. The zero-order valence-corrected chi connectivity index (χ0v) is 60.7. The van der Waals surface area contributed by atoms with Crippen molar-refractivity contribution in [3.05, 3.63) is 168 Å². The summed E-state index contributed by atoms with van der Waals surface area (Å²) in [6.45, 7) is 1.58. The Labute approximate surface area is 611 Å². The van der Waals surface area contributed by atoms with Gasteiger partial charge in [-0.25, -0.2) is 15.0 Å². The standard InChI is InChI=1S/C69H82N26O12/c1-85(2)21-14-18-70-55(96)16-19-73-60(98)46-24-40(31-87(46)4)75-62(100)48-26-42(33-89(48)6)77-64(102)50-27-43(34-91(50)8)78-63(101)49-25-41(32-90(49)7)76-61(99)47-23-39(30-88(47)5)74-56(97)15-13-17-72-67(105)58-81-53(37-94(58)11)83-66(104)52-28-44(35-93(52)10)79-65(103)51-29-45(36-92(51)9)80-69(107)59-82-54(38-95(59)12)84-68(106)57-71-20-22-86(57)3/h20,22-38H,13-19,21H2,1-12H3,(H,70,96)(H,72,105)(H,73,98)(H,74,97)(H,75,100)(H,76,99)(H,77,102)(H,78,101)(H,79,103)(H,80,107)(H,83,104)(H,84,106). The number of carbonyl (C=O) groups excluding carboxylic acids is 12. The fourth-order valence-corrected chi connectivity index (χ4v) is 11.4. The first-order chi connectivity index (χ1) is 50.8. The van der Waals surface area contributed by atoms with Gasteiger partial charge >= 0.3 is 0 Å². The molecule has 10 heterocycles. The Hall–Kier alpha value is -13.8. The van der Waals surface area contributed by atoms with Crippen LogP contribution in [0, 0.1) is 0 Å². The fourth-order valence-electron chi connectivity index (χ4n) is 11.4. The number of amides is 12. The molecule has 0 aliphatic carbocycles. The van der Waals surface area contributed by atoms with Crippen LogP contribution < -0.4 is 63.8 Å². The summed E-state index contributed by atoms with van der Waals surface area (Å²) in [5, 5.41) is 32.9. The van der Waals surface area contributed by atoms with Gasteiger partial charge in [-0.2, -0.15) is 0 Å². The number of rotatable bonds is 30. The van der Waals surface area contributed by atoms with Crippen molar-refractivity contribution >= 4 is 122 Å². The zero-order chi connectivity index (χ0) is 77.2. The van der Waals surface area contributed by atoms with Crippen LogP contribution in [0.2, 0.25) is 0 Å². The minimum Gasteiger partial charge on any atom is -0.356 e. The molecule has 10 aromatic rings. The second-order valence-electron chi connectivity index (χ2n) is 25.6. The molecule has 38 heteroatoms. The first-order valence-electron chi connectivity index (χ1n) is 33.3. The normalized spacial score (nSPS) is 11.1. The fraction of sp³-hybridized carbons (Fsp3) is 0.290. The van der Waals surface area contributed by atoms with Crippen LogP contribution in [0.1, 0.15) is 131 Å². The summed E-state index contributed by atoms with van der Waals surface area (Å²) >= 11 is 0. The average molecular weight is 1470 g/mol. The summed E-state index contributed by atoms with van der Waals surface area (Å²) in [5.41, 5.74) is 3.38. The van der Waals surface area contributed by atoms with Gasteiger partial charge in [0.15, 0.2) is 17.5 Å². The molecular formula is C69H82N26O12. The quantitative estimate of drug-likeness (QED) is 0.0286. The molecule has 12 N–H and O–H groups in total. The van der Waals surface area contributed by atoms with Gasteiger partial charge in [0, 0.05) is 171 Å². The molecule has 0 saturated carbocycles. The number of nitrogens with zero attached hydrogens (tertiary/aromatic N) is 14. The predicted molar refractivity (Wildman–Crippen MR) is 394 cm³/mol. The highest BCUT2D eigenvalue weighted by atomic mass is 16.2. The highest BCUT2D eigenvalue weighted by Crippen LogP contribution is 2.25. The number of anilines is 9. The second-order valence-corrected chi connectivity index (χ2v) is 25.6. The Morgan fingerprint density at radius 2 is 0.626 bits per heavy atom. The summed E-state index contributed by atoms with van der Waals surface area (Å²) < 4.78 is 15.0. The third kappa shape index (κ3) is 18.7. The first kappa shape index (κ1) is 75.8. The van der Waals surface area contributed by atoms with Gasteiger partial charge in [0.1, 0.15) is 39.9 Å². The molecule has 107 heavy (non-hydrogen) atoms. The molecule has 0 fully saturated rings. The largest absolute Gasteiger partial charge is 0.356 e. The number of hydrogen-bond donors (Lipinski definition) is 12. The van der Waals surface area contributed by atoms with Gasteiger partial charge in [-0.05, 0) is 75.9 Å². The van der Waals surface area contributed by atoms with E-state index in [-0.39, 0.29) is 130 Å². The van der Waals surface area contributed by atoms with Gasteiger partial charge in [-0.3, -0.25) is 57.5 Å². The van der Waals surface area contributed by atoms with E-state index in [0.29, 0.717) is 23.6 Å². The number of carbonyl (C=O) groups is 12. The van der Waals surface area contributed by atoms with Crippen molar-refractivity contribution in [2.24, 2.45) is 70.5 Å². The number of nitrogens with one attached hydrogen (secondary N) is 12. The molecule has 0 aliphatic rings. The maximum atomic E-state index is 13.6. The van der Waals surface area contributed by atoms with Crippen molar-refractivity contribution in [1.82, 2.24) is 81.5 Å². The van der Waals surface area contributed by atoms with Crippen molar-refractivity contribution in [3.63, 3.8) is 0 Å². The van der Waals surface area contributed by atoms with Gasteiger partial charge in [0.05, 0.1) is 39.8 Å². The smallest absolute Gasteiger partial charge is 0.292 e. The Bertz CT molecular complexity index is 5120. The molecule has 0 atom stereocenters. The first-order valence-corrected chi connectivity index (χ1v) is 33.3. The van der Waals surface area contributed by atoms with Crippen LogP contribution in [0.15, 0.2) is 111 Å². The average Bonchev–Trinajstić information content (AvgIpc) is 1.68. The molecule has 560 valence electrons. The van der Waals surface area contributed by atoms with E-state index < -0.39 is 65.0 Å². The van der Waals surface area contributed by atoms with Gasteiger partial charge in [-0.15, -0.1) is 0 Å². The lowest BCUT2D eigenvalue weighted by Crippen LogP contribution is -2.32. The highest BCUT2D eigenvalue weighted by Gasteiger charge is 2.26. The van der Waals surface area contributed by atoms with Crippen LogP contribution in [0.5, 0.6) is 0 Å². The second kappa shape index (κ2) is 32.7. The van der Waals surface area contributed by atoms with E-state index >= 15 is 0 Å². The van der Waals surface area contributed by atoms with Gasteiger partial charge in [0.2, 0.25) is 23.5 Å². The van der Waals surface area contributed by atoms with E-state index in [4.69, 9.17) is 0 Å². The van der Waals surface area contributed by atoms with Gasteiger partial charge < -0.3 is 114 Å². The summed E-state index contributed by atoms with van der Waals surface area (Å²) in [6.07, 6.45) is 18.0. The minimum absolute atomic E-state index is 0.00954. The molecule has 10 rings (SSSR count). The van der Waals surface area contributed by atoms with Crippen LogP contribution in [0.4, 0.5) is 51.4 Å². The van der Waals surface area contributed by atoms with E-state index in [9.17, 15) is 57.5 Å². The van der Waals surface area contributed by atoms with Crippen molar-refractivity contribution in [2.45, 2.75) is 25.7 Å². The molecule has 12 amide bonds. The van der Waals surface area contributed by atoms with Crippen LogP contribution in [0.3, 0.4) is 0 Å². The lowest BCUT2D eigenvalue weighted by molar-refractivity contribution is -0.121. The summed E-state index contributed by atoms with van der Waals surface area (Å²) in [6, 6.07) is 10.3.